The number of anilines is 1. The van der Waals surface area contributed by atoms with Crippen LogP contribution >= 0.6 is 11.6 Å². The molecule has 0 saturated carbocycles. The van der Waals surface area contributed by atoms with Gasteiger partial charge in [0.25, 0.3) is 5.91 Å². The first-order chi connectivity index (χ1) is 11.3. The molecule has 0 radical (unpaired) electrons. The van der Waals surface area contributed by atoms with E-state index in [-0.39, 0.29) is 16.3 Å². The lowest BCUT2D eigenvalue weighted by Gasteiger charge is -2.11. The molecule has 0 spiro atoms. The number of hydrogen-bond donors (Lipinski definition) is 1. The van der Waals surface area contributed by atoms with Crippen LogP contribution in [0, 0.1) is 0 Å². The Labute approximate surface area is 139 Å². The van der Waals surface area contributed by atoms with E-state index in [2.05, 4.69) is 10.3 Å². The molecule has 0 bridgehead atoms. The minimum Gasteiger partial charge on any atom is -0.452 e. The number of rotatable bonds is 4. The molecule has 1 amide bonds. The molecular formula is C15H10ClF3N2O3. The molecule has 126 valence electrons. The van der Waals surface area contributed by atoms with Gasteiger partial charge in [0.15, 0.2) is 6.61 Å². The number of carbonyl (C=O) groups excluding carboxylic acids is 2. The van der Waals surface area contributed by atoms with E-state index in [1.165, 1.54) is 24.5 Å². The summed E-state index contributed by atoms with van der Waals surface area (Å²) in [5, 5.41) is 2.10. The second kappa shape index (κ2) is 7.31. The Morgan fingerprint density at radius 1 is 1.17 bits per heavy atom. The number of ether oxygens (including phenoxy) is 1. The van der Waals surface area contributed by atoms with Crippen LogP contribution in [-0.2, 0) is 15.7 Å². The van der Waals surface area contributed by atoms with E-state index in [9.17, 15) is 22.8 Å². The van der Waals surface area contributed by atoms with Crippen molar-refractivity contribution in [3.63, 3.8) is 0 Å². The SMILES string of the molecule is O=C(COC(=O)c1ccncc1)Nc1cc(C(F)(F)F)ccc1Cl. The molecule has 1 N–H and O–H groups in total. The first-order valence-corrected chi connectivity index (χ1v) is 6.89. The van der Waals surface area contributed by atoms with E-state index in [4.69, 9.17) is 16.3 Å². The molecule has 0 atom stereocenters. The Hall–Kier alpha value is -2.61. The number of hydrogen-bond acceptors (Lipinski definition) is 4. The fourth-order valence-corrected chi connectivity index (χ4v) is 1.85. The predicted molar refractivity (Wildman–Crippen MR) is 79.6 cm³/mol. The van der Waals surface area contributed by atoms with Gasteiger partial charge in [-0.25, -0.2) is 4.79 Å². The summed E-state index contributed by atoms with van der Waals surface area (Å²) in [6, 6.07) is 5.29. The first-order valence-electron chi connectivity index (χ1n) is 6.51. The summed E-state index contributed by atoms with van der Waals surface area (Å²) >= 11 is 5.75. The summed E-state index contributed by atoms with van der Waals surface area (Å²) in [5.41, 5.74) is -0.998. The van der Waals surface area contributed by atoms with Crippen LogP contribution in [0.1, 0.15) is 15.9 Å². The predicted octanol–water partition coefficient (Wildman–Crippen LogP) is 3.55. The van der Waals surface area contributed by atoms with Gasteiger partial charge in [-0.2, -0.15) is 13.2 Å². The number of benzene rings is 1. The van der Waals surface area contributed by atoms with E-state index in [0.29, 0.717) is 6.07 Å². The lowest BCUT2D eigenvalue weighted by molar-refractivity contribution is -0.137. The zero-order valence-corrected chi connectivity index (χ0v) is 12.7. The van der Waals surface area contributed by atoms with Gasteiger partial charge in [0.05, 0.1) is 21.8 Å². The molecular weight excluding hydrogens is 349 g/mol. The fraction of sp³-hybridized carbons (Fsp3) is 0.133. The number of alkyl halides is 3. The van der Waals surface area contributed by atoms with E-state index in [1.54, 1.807) is 0 Å². The molecule has 0 aliphatic rings. The van der Waals surface area contributed by atoms with Crippen LogP contribution in [0.25, 0.3) is 0 Å². The third-order valence-electron chi connectivity index (χ3n) is 2.82. The van der Waals surface area contributed by atoms with Crippen molar-refractivity contribution in [2.24, 2.45) is 0 Å². The Kier molecular flexibility index (Phi) is 5.40. The maximum Gasteiger partial charge on any atom is 0.416 e. The largest absolute Gasteiger partial charge is 0.452 e. The van der Waals surface area contributed by atoms with Gasteiger partial charge in [-0.1, -0.05) is 11.6 Å². The standard InChI is InChI=1S/C15H10ClF3N2O3/c16-11-2-1-10(15(17,18)19)7-12(11)21-13(22)8-24-14(23)9-3-5-20-6-4-9/h1-7H,8H2,(H,21,22). The number of aromatic nitrogens is 1. The zero-order chi connectivity index (χ0) is 17.7. The molecule has 2 rings (SSSR count). The molecule has 0 unspecified atom stereocenters. The summed E-state index contributed by atoms with van der Waals surface area (Å²) in [6.07, 6.45) is -1.82. The monoisotopic (exact) mass is 358 g/mol. The van der Waals surface area contributed by atoms with E-state index < -0.39 is 30.2 Å². The van der Waals surface area contributed by atoms with Crippen molar-refractivity contribution in [3.8, 4) is 0 Å². The molecule has 0 saturated heterocycles. The van der Waals surface area contributed by atoms with Crippen LogP contribution in [0.2, 0.25) is 5.02 Å². The molecule has 1 heterocycles. The number of esters is 1. The van der Waals surface area contributed by atoms with Gasteiger partial charge in [-0.3, -0.25) is 9.78 Å². The zero-order valence-electron chi connectivity index (χ0n) is 11.9. The molecule has 5 nitrogen and oxygen atoms in total. The highest BCUT2D eigenvalue weighted by Gasteiger charge is 2.31. The molecule has 9 heteroatoms. The lowest BCUT2D eigenvalue weighted by Crippen LogP contribution is -2.21. The fourth-order valence-electron chi connectivity index (χ4n) is 1.69. The highest BCUT2D eigenvalue weighted by molar-refractivity contribution is 6.33. The number of amides is 1. The summed E-state index contributed by atoms with van der Waals surface area (Å²) in [7, 11) is 0. The lowest BCUT2D eigenvalue weighted by atomic mass is 10.2. The van der Waals surface area contributed by atoms with Gasteiger partial charge >= 0.3 is 12.1 Å². The second-order valence-electron chi connectivity index (χ2n) is 4.55. The average Bonchev–Trinajstić information content (AvgIpc) is 2.54. The van der Waals surface area contributed by atoms with Crippen molar-refractivity contribution >= 4 is 29.2 Å². The van der Waals surface area contributed by atoms with Gasteiger partial charge in [0.2, 0.25) is 0 Å². The smallest absolute Gasteiger partial charge is 0.416 e. The first kappa shape index (κ1) is 17.7. The number of nitrogens with one attached hydrogen (secondary N) is 1. The van der Waals surface area contributed by atoms with Crippen LogP contribution < -0.4 is 5.32 Å². The molecule has 24 heavy (non-hydrogen) atoms. The number of nitrogens with zero attached hydrogens (tertiary/aromatic N) is 1. The van der Waals surface area contributed by atoms with Gasteiger partial charge in [-0.15, -0.1) is 0 Å². The van der Waals surface area contributed by atoms with Gasteiger partial charge in [-0.05, 0) is 30.3 Å². The third kappa shape index (κ3) is 4.69. The van der Waals surface area contributed by atoms with Gasteiger partial charge in [0.1, 0.15) is 0 Å². The Bertz CT molecular complexity index is 751. The molecule has 0 fully saturated rings. The van der Waals surface area contributed by atoms with E-state index in [0.717, 1.165) is 12.1 Å². The Morgan fingerprint density at radius 3 is 2.46 bits per heavy atom. The average molecular weight is 359 g/mol. The minimum absolute atomic E-state index is 0.0724. The highest BCUT2D eigenvalue weighted by atomic mass is 35.5. The van der Waals surface area contributed by atoms with Crippen LogP contribution in [0.15, 0.2) is 42.7 Å². The van der Waals surface area contributed by atoms with Crippen molar-refractivity contribution in [1.29, 1.82) is 0 Å². The van der Waals surface area contributed by atoms with Gasteiger partial charge in [0, 0.05) is 12.4 Å². The van der Waals surface area contributed by atoms with Crippen molar-refractivity contribution < 1.29 is 27.5 Å². The second-order valence-corrected chi connectivity index (χ2v) is 4.96. The Balaban J connectivity index is 1.99. The number of pyridine rings is 1. The van der Waals surface area contributed by atoms with Crippen LogP contribution in [0.5, 0.6) is 0 Å². The van der Waals surface area contributed by atoms with Crippen molar-refractivity contribution in [1.82, 2.24) is 4.98 Å². The van der Waals surface area contributed by atoms with E-state index >= 15 is 0 Å². The van der Waals surface area contributed by atoms with E-state index in [1.807, 2.05) is 0 Å². The van der Waals surface area contributed by atoms with Gasteiger partial charge < -0.3 is 10.1 Å². The topological polar surface area (TPSA) is 68.3 Å². The highest BCUT2D eigenvalue weighted by Crippen LogP contribution is 2.33. The molecule has 0 aliphatic carbocycles. The number of halogens is 4. The van der Waals surface area contributed by atoms with Crippen molar-refractivity contribution in [3.05, 3.63) is 58.9 Å². The quantitative estimate of drug-likeness (QED) is 0.849. The van der Waals surface area contributed by atoms with Crippen LogP contribution in [0.3, 0.4) is 0 Å². The third-order valence-corrected chi connectivity index (χ3v) is 3.15. The maximum absolute atomic E-state index is 12.6. The summed E-state index contributed by atoms with van der Waals surface area (Å²) in [4.78, 5) is 27.1. The molecule has 0 aliphatic heterocycles. The van der Waals surface area contributed by atoms with Crippen molar-refractivity contribution in [2.75, 3.05) is 11.9 Å². The molecule has 1 aromatic heterocycles. The summed E-state index contributed by atoms with van der Waals surface area (Å²) in [5.74, 6) is -1.58. The molecule has 1 aromatic carbocycles. The summed E-state index contributed by atoms with van der Waals surface area (Å²) < 4.78 is 42.7. The normalized spacial score (nSPS) is 11.0. The van der Waals surface area contributed by atoms with Crippen LogP contribution in [-0.4, -0.2) is 23.5 Å². The number of carbonyl (C=O) groups is 2. The van der Waals surface area contributed by atoms with Crippen LogP contribution in [0.4, 0.5) is 18.9 Å². The maximum atomic E-state index is 12.6. The summed E-state index contributed by atoms with van der Waals surface area (Å²) in [6.45, 7) is -0.673. The van der Waals surface area contributed by atoms with Crippen molar-refractivity contribution in [2.45, 2.75) is 6.18 Å². The molecule has 2 aromatic rings. The Morgan fingerprint density at radius 2 is 1.83 bits per heavy atom. The minimum atomic E-state index is -4.57.